The summed E-state index contributed by atoms with van der Waals surface area (Å²) in [7, 11) is -8.29. The lowest BCUT2D eigenvalue weighted by molar-refractivity contribution is 0.383. The third-order valence-corrected chi connectivity index (χ3v) is 3.58. The van der Waals surface area contributed by atoms with Crippen LogP contribution in [0.25, 0.3) is 0 Å². The molecule has 0 aliphatic rings. The molecule has 9 heteroatoms. The lowest BCUT2D eigenvalue weighted by atomic mass is 12.0. The molecule has 0 saturated carbocycles. The van der Waals surface area contributed by atoms with Crippen molar-refractivity contribution in [3.05, 3.63) is 0 Å². The van der Waals surface area contributed by atoms with E-state index in [2.05, 4.69) is 7.94 Å². The summed E-state index contributed by atoms with van der Waals surface area (Å²) >= 11 is 0. The van der Waals surface area contributed by atoms with E-state index in [1.54, 1.807) is 0 Å². The highest BCUT2D eigenvalue weighted by molar-refractivity contribution is 7.89. The molecule has 6 nitrogen and oxygen atoms in total. The third-order valence-electron chi connectivity index (χ3n) is 0.398. The van der Waals surface area contributed by atoms with Gasteiger partial charge in [0, 0.05) is 13.3 Å². The predicted molar refractivity (Wildman–Crippen MR) is 41.2 cm³/mol. The summed E-state index contributed by atoms with van der Waals surface area (Å²) in [5.41, 5.74) is 0. The fourth-order valence-electron chi connectivity index (χ4n) is 0.278. The van der Waals surface area contributed by atoms with Crippen LogP contribution in [0.5, 0.6) is 0 Å². The Hall–Kier alpha value is 0.650. The van der Waals surface area contributed by atoms with E-state index in [4.69, 9.17) is 9.79 Å². The van der Waals surface area contributed by atoms with E-state index < -0.39 is 27.1 Å². The molecule has 0 rings (SSSR count). The molecule has 0 aromatic heterocycles. The van der Waals surface area contributed by atoms with Crippen molar-refractivity contribution in [1.82, 2.24) is 0 Å². The Kier molecular flexibility index (Phi) is 4.89. The molecule has 0 fully saturated rings. The van der Waals surface area contributed by atoms with E-state index in [-0.39, 0.29) is 0 Å². The van der Waals surface area contributed by atoms with Crippen LogP contribution >= 0.6 is 16.8 Å². The van der Waals surface area contributed by atoms with Crippen molar-refractivity contribution in [3.8, 4) is 0 Å². The molecule has 0 amide bonds. The monoisotopic (exact) mass is 222 g/mol. The molecule has 0 aliphatic heterocycles. The van der Waals surface area contributed by atoms with Crippen molar-refractivity contribution in [2.45, 2.75) is 0 Å². The summed E-state index contributed by atoms with van der Waals surface area (Å²) in [6.07, 6.45) is 0. The van der Waals surface area contributed by atoms with Gasteiger partial charge in [0.1, 0.15) is 0 Å². The van der Waals surface area contributed by atoms with Crippen LogP contribution in [0.2, 0.25) is 0 Å². The van der Waals surface area contributed by atoms with Crippen LogP contribution in [-0.4, -0.2) is 31.5 Å². The van der Waals surface area contributed by atoms with E-state index >= 15 is 0 Å². The van der Waals surface area contributed by atoms with E-state index in [9.17, 15) is 8.42 Å². The zero-order valence-corrected chi connectivity index (χ0v) is 8.44. The van der Waals surface area contributed by atoms with Crippen molar-refractivity contribution in [2.24, 2.45) is 0 Å². The van der Waals surface area contributed by atoms with Crippen molar-refractivity contribution < 1.29 is 26.1 Å². The topological polar surface area (TPSA) is 93.1 Å². The Balaban J connectivity index is 4.03. The zero-order valence-electron chi connectivity index (χ0n) is 5.83. The van der Waals surface area contributed by atoms with Gasteiger partial charge in [0.25, 0.3) is 0 Å². The smallest absolute Gasteiger partial charge is 0.349 e. The van der Waals surface area contributed by atoms with E-state index in [1.807, 2.05) is 0 Å². The first-order valence-electron chi connectivity index (χ1n) is 2.33. The van der Waals surface area contributed by atoms with Crippen LogP contribution in [-0.2, 0) is 18.3 Å². The van der Waals surface area contributed by atoms with Gasteiger partial charge in [0.05, 0.1) is 0 Å². The van der Waals surface area contributed by atoms with Crippen molar-refractivity contribution in [3.63, 3.8) is 0 Å². The molecule has 0 saturated heterocycles. The molecule has 0 aromatic carbocycles. The van der Waals surface area contributed by atoms with Crippen LogP contribution in [0.4, 0.5) is 0 Å². The predicted octanol–water partition coefficient (Wildman–Crippen LogP) is 0.132. The SMILES string of the molecule is CP(O)OS(=O)(=O)OP(C)O. The summed E-state index contributed by atoms with van der Waals surface area (Å²) < 4.78 is 29.0. The van der Waals surface area contributed by atoms with E-state index in [1.165, 1.54) is 13.3 Å². The van der Waals surface area contributed by atoms with Gasteiger partial charge in [-0.25, -0.2) is 0 Å². The minimum absolute atomic E-state index is 1.17. The van der Waals surface area contributed by atoms with Crippen LogP contribution in [0.3, 0.4) is 0 Å². The normalized spacial score (nSPS) is 17.8. The molecular weight excluding hydrogens is 214 g/mol. The van der Waals surface area contributed by atoms with Gasteiger partial charge in [-0.1, -0.05) is 0 Å². The first-order valence-corrected chi connectivity index (χ1v) is 6.98. The lowest BCUT2D eigenvalue weighted by Gasteiger charge is -2.06. The number of hydrogen-bond acceptors (Lipinski definition) is 6. The fourth-order valence-corrected chi connectivity index (χ4v) is 2.75. The van der Waals surface area contributed by atoms with Gasteiger partial charge >= 0.3 is 10.4 Å². The minimum atomic E-state index is -4.22. The standard InChI is InChI=1S/C2H8O6P2S/c1-9(3)7-11(5,6)8-10(2)4/h3-4H,1-2H3. The molecule has 0 bridgehead atoms. The van der Waals surface area contributed by atoms with E-state index in [0.29, 0.717) is 0 Å². The van der Waals surface area contributed by atoms with Gasteiger partial charge < -0.3 is 9.79 Å². The van der Waals surface area contributed by atoms with Crippen LogP contribution in [0.1, 0.15) is 0 Å². The van der Waals surface area contributed by atoms with Crippen molar-refractivity contribution >= 4 is 27.1 Å². The molecule has 68 valence electrons. The Morgan fingerprint density at radius 2 is 1.36 bits per heavy atom. The first kappa shape index (κ1) is 11.6. The lowest BCUT2D eigenvalue weighted by Crippen LogP contribution is -2.03. The molecule has 0 heterocycles. The summed E-state index contributed by atoms with van der Waals surface area (Å²) in [4.78, 5) is 17.0. The average molecular weight is 222 g/mol. The van der Waals surface area contributed by atoms with Crippen molar-refractivity contribution in [1.29, 1.82) is 0 Å². The Bertz CT molecular complexity index is 181. The Labute approximate surface area is 67.3 Å². The van der Waals surface area contributed by atoms with Gasteiger partial charge in [-0.2, -0.15) is 16.4 Å². The molecule has 11 heavy (non-hydrogen) atoms. The van der Waals surface area contributed by atoms with Crippen LogP contribution in [0, 0.1) is 0 Å². The summed E-state index contributed by atoms with van der Waals surface area (Å²) in [5, 5.41) is 0. The van der Waals surface area contributed by atoms with Gasteiger partial charge in [0.2, 0.25) is 0 Å². The molecule has 0 aromatic rings. The Morgan fingerprint density at radius 1 is 1.09 bits per heavy atom. The first-order chi connectivity index (χ1) is 4.83. The zero-order chi connectivity index (χ0) is 9.07. The summed E-state index contributed by atoms with van der Waals surface area (Å²) in [5.74, 6) is 0. The van der Waals surface area contributed by atoms with Gasteiger partial charge in [0.15, 0.2) is 16.8 Å². The maximum Gasteiger partial charge on any atom is 0.410 e. The number of hydrogen-bond donors (Lipinski definition) is 2. The summed E-state index contributed by atoms with van der Waals surface area (Å²) in [6.45, 7) is 2.34. The molecule has 2 atom stereocenters. The highest BCUT2D eigenvalue weighted by Gasteiger charge is 2.18. The summed E-state index contributed by atoms with van der Waals surface area (Å²) in [6, 6.07) is 0. The van der Waals surface area contributed by atoms with E-state index in [0.717, 1.165) is 0 Å². The molecule has 0 spiro atoms. The molecule has 2 N–H and O–H groups in total. The van der Waals surface area contributed by atoms with Gasteiger partial charge in [-0.05, 0) is 0 Å². The second kappa shape index (κ2) is 4.62. The number of rotatable bonds is 4. The van der Waals surface area contributed by atoms with Crippen LogP contribution in [0.15, 0.2) is 0 Å². The molecule has 2 unspecified atom stereocenters. The largest absolute Gasteiger partial charge is 0.410 e. The minimum Gasteiger partial charge on any atom is -0.349 e. The van der Waals surface area contributed by atoms with Gasteiger partial charge in [-0.3, -0.25) is 0 Å². The molecule has 0 radical (unpaired) electrons. The fraction of sp³-hybridized carbons (Fsp3) is 1.00. The second-order valence-corrected chi connectivity index (χ2v) is 5.35. The van der Waals surface area contributed by atoms with Crippen molar-refractivity contribution in [2.75, 3.05) is 13.3 Å². The Morgan fingerprint density at radius 3 is 1.55 bits per heavy atom. The van der Waals surface area contributed by atoms with Gasteiger partial charge in [-0.15, -0.1) is 0 Å². The third kappa shape index (κ3) is 7.03. The van der Waals surface area contributed by atoms with Crippen LogP contribution < -0.4 is 0 Å². The maximum atomic E-state index is 10.5. The average Bonchev–Trinajstić information content (AvgIpc) is 1.53. The highest BCUT2D eigenvalue weighted by Crippen LogP contribution is 2.35. The molecular formula is C2H8O6P2S. The second-order valence-electron chi connectivity index (χ2n) is 1.49. The quantitative estimate of drug-likeness (QED) is 0.657. The maximum absolute atomic E-state index is 10.5. The highest BCUT2D eigenvalue weighted by atomic mass is 32.3. The molecule has 0 aliphatic carbocycles.